The largest absolute Gasteiger partial charge is 0.417 e. The van der Waals surface area contributed by atoms with Gasteiger partial charge in [-0.25, -0.2) is 4.98 Å². The molecule has 0 saturated heterocycles. The Morgan fingerprint density at radius 1 is 1.44 bits per heavy atom. The van der Waals surface area contributed by atoms with Crippen LogP contribution in [0.4, 0.5) is 19.0 Å². The van der Waals surface area contributed by atoms with E-state index in [2.05, 4.69) is 26.2 Å². The minimum absolute atomic E-state index is 0.0288. The zero-order chi connectivity index (χ0) is 13.9. The Balaban J connectivity index is 2.80. The fourth-order valence-electron chi connectivity index (χ4n) is 1.48. The number of alkyl halides is 4. The second-order valence-corrected chi connectivity index (χ2v) is 6.08. The molecule has 0 saturated carbocycles. The van der Waals surface area contributed by atoms with Crippen LogP contribution in [0.1, 0.15) is 25.8 Å². The molecule has 18 heavy (non-hydrogen) atoms. The van der Waals surface area contributed by atoms with E-state index in [0.29, 0.717) is 4.83 Å². The van der Waals surface area contributed by atoms with Gasteiger partial charge >= 0.3 is 6.18 Å². The van der Waals surface area contributed by atoms with E-state index in [9.17, 15) is 13.2 Å². The average molecular weight is 346 g/mol. The highest BCUT2D eigenvalue weighted by molar-refractivity contribution is 9.09. The van der Waals surface area contributed by atoms with Crippen molar-refractivity contribution in [2.75, 3.05) is 5.32 Å². The van der Waals surface area contributed by atoms with E-state index in [1.165, 1.54) is 0 Å². The predicted octanol–water partition coefficient (Wildman–Crippen LogP) is 4.73. The lowest BCUT2D eigenvalue weighted by Gasteiger charge is -2.17. The summed E-state index contributed by atoms with van der Waals surface area (Å²) < 4.78 is 37.2. The second-order valence-electron chi connectivity index (χ2n) is 4.11. The van der Waals surface area contributed by atoms with Gasteiger partial charge in [0.15, 0.2) is 0 Å². The molecule has 2 atom stereocenters. The fourth-order valence-corrected chi connectivity index (χ4v) is 2.26. The number of hydrogen-bond acceptors (Lipinski definition) is 2. The van der Waals surface area contributed by atoms with E-state index in [-0.39, 0.29) is 16.9 Å². The first-order chi connectivity index (χ1) is 8.20. The van der Waals surface area contributed by atoms with E-state index < -0.39 is 11.7 Å². The Labute approximate surface area is 117 Å². The molecule has 0 amide bonds. The van der Waals surface area contributed by atoms with Crippen LogP contribution in [0.5, 0.6) is 0 Å². The number of aromatic nitrogens is 1. The smallest absolute Gasteiger partial charge is 0.366 e. The van der Waals surface area contributed by atoms with Crippen molar-refractivity contribution in [1.82, 2.24) is 4.98 Å². The Hall–Kier alpha value is -0.490. The first-order valence-corrected chi connectivity index (χ1v) is 6.63. The third-order valence-corrected chi connectivity index (χ3v) is 2.89. The molecule has 1 aromatic heterocycles. The monoisotopic (exact) mass is 344 g/mol. The Kier molecular flexibility index (Phi) is 5.28. The van der Waals surface area contributed by atoms with Gasteiger partial charge in [-0.2, -0.15) is 13.2 Å². The molecule has 0 aliphatic carbocycles. The SMILES string of the molecule is CC(Br)CC(C)Nc1ncc(C(F)(F)F)cc1Cl. The van der Waals surface area contributed by atoms with Crippen LogP contribution in [0.2, 0.25) is 5.02 Å². The topological polar surface area (TPSA) is 24.9 Å². The number of rotatable bonds is 4. The summed E-state index contributed by atoms with van der Waals surface area (Å²) in [7, 11) is 0. The number of anilines is 1. The molecule has 0 aromatic carbocycles. The van der Waals surface area contributed by atoms with Crippen molar-refractivity contribution in [3.63, 3.8) is 0 Å². The van der Waals surface area contributed by atoms with Crippen LogP contribution in [0.25, 0.3) is 0 Å². The zero-order valence-corrected chi connectivity index (χ0v) is 12.2. The molecular weight excluding hydrogens is 332 g/mol. The molecule has 102 valence electrons. The number of hydrogen-bond donors (Lipinski definition) is 1. The predicted molar refractivity (Wildman–Crippen MR) is 70.3 cm³/mol. The standard InChI is InChI=1S/C11H13BrClF3N2/c1-6(12)3-7(2)18-10-9(13)4-8(5-17-10)11(14,15)16/h4-7H,3H2,1-2H3,(H,17,18). The third-order valence-electron chi connectivity index (χ3n) is 2.23. The number of nitrogens with zero attached hydrogens (tertiary/aromatic N) is 1. The third kappa shape index (κ3) is 4.65. The van der Waals surface area contributed by atoms with Crippen LogP contribution in [0.15, 0.2) is 12.3 Å². The minimum atomic E-state index is -4.43. The van der Waals surface area contributed by atoms with Gasteiger partial charge in [0.25, 0.3) is 0 Å². The van der Waals surface area contributed by atoms with Crippen molar-refractivity contribution < 1.29 is 13.2 Å². The van der Waals surface area contributed by atoms with E-state index >= 15 is 0 Å². The van der Waals surface area contributed by atoms with Gasteiger partial charge in [-0.15, -0.1) is 0 Å². The van der Waals surface area contributed by atoms with E-state index in [4.69, 9.17) is 11.6 Å². The maximum Gasteiger partial charge on any atom is 0.417 e. The van der Waals surface area contributed by atoms with Gasteiger partial charge in [0.1, 0.15) is 5.82 Å². The summed E-state index contributed by atoms with van der Waals surface area (Å²) in [6.45, 7) is 3.90. The summed E-state index contributed by atoms with van der Waals surface area (Å²) in [5.41, 5.74) is -0.848. The van der Waals surface area contributed by atoms with Crippen molar-refractivity contribution in [1.29, 1.82) is 0 Å². The molecule has 0 bridgehead atoms. The lowest BCUT2D eigenvalue weighted by molar-refractivity contribution is -0.137. The Bertz CT molecular complexity index is 410. The molecule has 1 rings (SSSR count). The number of nitrogens with one attached hydrogen (secondary N) is 1. The van der Waals surface area contributed by atoms with E-state index in [0.717, 1.165) is 18.7 Å². The second kappa shape index (κ2) is 6.10. The van der Waals surface area contributed by atoms with Crippen LogP contribution in [0, 0.1) is 0 Å². The number of halogens is 5. The zero-order valence-electron chi connectivity index (χ0n) is 9.85. The lowest BCUT2D eigenvalue weighted by Crippen LogP contribution is -2.19. The highest BCUT2D eigenvalue weighted by Crippen LogP contribution is 2.32. The molecule has 2 nitrogen and oxygen atoms in total. The summed E-state index contributed by atoms with van der Waals surface area (Å²) in [6, 6.07) is 0.933. The van der Waals surface area contributed by atoms with E-state index in [1.54, 1.807) is 0 Å². The van der Waals surface area contributed by atoms with Gasteiger partial charge in [-0.1, -0.05) is 34.5 Å². The van der Waals surface area contributed by atoms with Crippen molar-refractivity contribution in [3.8, 4) is 0 Å². The molecule has 1 heterocycles. The molecule has 0 aliphatic rings. The minimum Gasteiger partial charge on any atom is -0.366 e. The first kappa shape index (κ1) is 15.6. The lowest BCUT2D eigenvalue weighted by atomic mass is 10.2. The summed E-state index contributed by atoms with van der Waals surface area (Å²) in [5, 5.41) is 2.95. The first-order valence-electron chi connectivity index (χ1n) is 5.33. The molecule has 1 aromatic rings. The maximum absolute atomic E-state index is 12.4. The van der Waals surface area contributed by atoms with Gasteiger partial charge in [0.2, 0.25) is 0 Å². The summed E-state index contributed by atoms with van der Waals surface area (Å²) in [4.78, 5) is 4.01. The maximum atomic E-state index is 12.4. The molecule has 0 radical (unpaired) electrons. The Morgan fingerprint density at radius 3 is 2.50 bits per heavy atom. The molecule has 0 fully saturated rings. The van der Waals surface area contributed by atoms with Crippen molar-refractivity contribution >= 4 is 33.3 Å². The summed E-state index contributed by atoms with van der Waals surface area (Å²) >= 11 is 9.18. The van der Waals surface area contributed by atoms with Crippen LogP contribution < -0.4 is 5.32 Å². The highest BCUT2D eigenvalue weighted by Gasteiger charge is 2.31. The molecule has 0 aliphatic heterocycles. The molecule has 1 N–H and O–H groups in total. The van der Waals surface area contributed by atoms with Crippen LogP contribution >= 0.6 is 27.5 Å². The van der Waals surface area contributed by atoms with Gasteiger partial charge < -0.3 is 5.32 Å². The average Bonchev–Trinajstić information content (AvgIpc) is 2.18. The molecule has 7 heteroatoms. The Morgan fingerprint density at radius 2 is 2.06 bits per heavy atom. The summed E-state index contributed by atoms with van der Waals surface area (Å²) in [5.74, 6) is 0.269. The molecule has 2 unspecified atom stereocenters. The summed E-state index contributed by atoms with van der Waals surface area (Å²) in [6.07, 6.45) is -2.84. The van der Waals surface area contributed by atoms with Crippen LogP contribution in [-0.2, 0) is 6.18 Å². The van der Waals surface area contributed by atoms with Crippen LogP contribution in [0.3, 0.4) is 0 Å². The fraction of sp³-hybridized carbons (Fsp3) is 0.545. The van der Waals surface area contributed by atoms with Crippen molar-refractivity contribution in [2.24, 2.45) is 0 Å². The molecular formula is C11H13BrClF3N2. The van der Waals surface area contributed by atoms with E-state index in [1.807, 2.05) is 13.8 Å². The van der Waals surface area contributed by atoms with Gasteiger partial charge in [0, 0.05) is 17.1 Å². The van der Waals surface area contributed by atoms with Gasteiger partial charge in [0.05, 0.1) is 10.6 Å². The van der Waals surface area contributed by atoms with Crippen molar-refractivity contribution in [3.05, 3.63) is 22.8 Å². The number of pyridine rings is 1. The quantitative estimate of drug-likeness (QED) is 0.798. The van der Waals surface area contributed by atoms with Gasteiger partial charge in [-0.3, -0.25) is 0 Å². The normalized spacial score (nSPS) is 15.3. The van der Waals surface area contributed by atoms with Crippen LogP contribution in [-0.4, -0.2) is 15.9 Å². The molecule has 0 spiro atoms. The van der Waals surface area contributed by atoms with Gasteiger partial charge in [-0.05, 0) is 19.4 Å². The highest BCUT2D eigenvalue weighted by atomic mass is 79.9. The van der Waals surface area contributed by atoms with Crippen molar-refractivity contribution in [2.45, 2.75) is 37.3 Å².